The molecule has 1 N–H and O–H groups in total. The van der Waals surface area contributed by atoms with E-state index in [9.17, 15) is 9.59 Å². The van der Waals surface area contributed by atoms with Crippen LogP contribution in [0.3, 0.4) is 0 Å². The van der Waals surface area contributed by atoms with E-state index in [0.29, 0.717) is 12.0 Å². The van der Waals surface area contributed by atoms with Crippen molar-refractivity contribution in [2.24, 2.45) is 5.41 Å². The van der Waals surface area contributed by atoms with Gasteiger partial charge >= 0.3 is 0 Å². The molecule has 2 aromatic carbocycles. The highest BCUT2D eigenvalue weighted by molar-refractivity contribution is 5.92. The van der Waals surface area contributed by atoms with Crippen LogP contribution in [0.5, 0.6) is 5.75 Å². The second kappa shape index (κ2) is 7.33. The van der Waals surface area contributed by atoms with Gasteiger partial charge in [-0.05, 0) is 55.9 Å². The van der Waals surface area contributed by atoms with Crippen LogP contribution in [0.2, 0.25) is 0 Å². The Morgan fingerprint density at radius 1 is 1.14 bits per heavy atom. The zero-order chi connectivity index (χ0) is 21.6. The van der Waals surface area contributed by atoms with Gasteiger partial charge < -0.3 is 10.1 Å². The summed E-state index contributed by atoms with van der Waals surface area (Å²) in [5, 5.41) is 3.11. The molecule has 1 unspecified atom stereocenters. The first-order chi connectivity index (χ1) is 13.4. The lowest BCUT2D eigenvalue weighted by Crippen LogP contribution is -2.31. The van der Waals surface area contributed by atoms with E-state index >= 15 is 0 Å². The van der Waals surface area contributed by atoms with Crippen LogP contribution in [-0.4, -0.2) is 17.8 Å². The molecule has 29 heavy (non-hydrogen) atoms. The molecule has 0 saturated carbocycles. The fraction of sp³-hybridized carbons (Fsp3) is 0.440. The van der Waals surface area contributed by atoms with Crippen molar-refractivity contribution in [3.05, 3.63) is 58.1 Å². The first kappa shape index (κ1) is 21.1. The van der Waals surface area contributed by atoms with Crippen LogP contribution in [0.15, 0.2) is 30.3 Å². The van der Waals surface area contributed by atoms with Crippen LogP contribution in [0.4, 0.5) is 5.69 Å². The molecule has 1 aliphatic rings. The molecule has 1 heterocycles. The van der Waals surface area contributed by atoms with Gasteiger partial charge in [-0.2, -0.15) is 0 Å². The number of carbonyl (C=O) groups is 2. The Morgan fingerprint density at radius 2 is 1.76 bits per heavy atom. The monoisotopic (exact) mass is 393 g/mol. The van der Waals surface area contributed by atoms with Gasteiger partial charge in [-0.3, -0.25) is 9.59 Å². The molecule has 0 radical (unpaired) electrons. The topological polar surface area (TPSA) is 55.4 Å². The lowest BCUT2D eigenvalue weighted by molar-refractivity contribution is -0.117. The molecule has 0 aromatic heterocycles. The Morgan fingerprint density at radius 3 is 2.31 bits per heavy atom. The number of nitrogens with one attached hydrogen (secondary N) is 1. The molecule has 2 aromatic rings. The van der Waals surface area contributed by atoms with E-state index in [1.807, 2.05) is 38.1 Å². The van der Waals surface area contributed by atoms with Gasteiger partial charge in [0.1, 0.15) is 17.6 Å². The standard InChI is InChI=1S/C25H31NO3/c1-15-16(2)23-19(12-20(15)26-21(28)13-24(3,4)5)22(25(6,7)29-23)18-10-8-17(14-27)9-11-18/h8-12,14,22H,13H2,1-7H3,(H,26,28). The molecule has 0 saturated heterocycles. The summed E-state index contributed by atoms with van der Waals surface area (Å²) in [5.74, 6) is 0.923. The largest absolute Gasteiger partial charge is 0.486 e. The average Bonchev–Trinajstić information content (AvgIpc) is 2.88. The number of hydrogen-bond acceptors (Lipinski definition) is 3. The maximum Gasteiger partial charge on any atom is 0.224 e. The number of aldehydes is 1. The minimum Gasteiger partial charge on any atom is -0.486 e. The van der Waals surface area contributed by atoms with Gasteiger partial charge in [0, 0.05) is 23.2 Å². The van der Waals surface area contributed by atoms with Gasteiger partial charge in [0.25, 0.3) is 0 Å². The maximum atomic E-state index is 12.6. The Kier molecular flexibility index (Phi) is 5.33. The highest BCUT2D eigenvalue weighted by Crippen LogP contribution is 2.51. The van der Waals surface area contributed by atoms with E-state index in [1.165, 1.54) is 0 Å². The molecule has 3 rings (SSSR count). The zero-order valence-electron chi connectivity index (χ0n) is 18.5. The maximum absolute atomic E-state index is 12.6. The molecule has 4 nitrogen and oxygen atoms in total. The number of benzene rings is 2. The smallest absolute Gasteiger partial charge is 0.224 e. The quantitative estimate of drug-likeness (QED) is 0.669. The van der Waals surface area contributed by atoms with Crippen molar-refractivity contribution in [1.29, 1.82) is 0 Å². The normalized spacial score (nSPS) is 17.4. The minimum atomic E-state index is -0.434. The third-order valence-corrected chi connectivity index (χ3v) is 5.61. The van der Waals surface area contributed by atoms with E-state index in [-0.39, 0.29) is 17.2 Å². The lowest BCUT2D eigenvalue weighted by atomic mass is 9.80. The minimum absolute atomic E-state index is 0.00997. The summed E-state index contributed by atoms with van der Waals surface area (Å²) in [6.45, 7) is 14.4. The first-order valence-electron chi connectivity index (χ1n) is 10.1. The number of carbonyl (C=O) groups excluding carboxylic acids is 2. The number of hydrogen-bond donors (Lipinski definition) is 1. The summed E-state index contributed by atoms with van der Waals surface area (Å²) in [7, 11) is 0. The van der Waals surface area contributed by atoms with Crippen molar-refractivity contribution >= 4 is 17.9 Å². The molecule has 154 valence electrons. The Bertz CT molecular complexity index is 950. The van der Waals surface area contributed by atoms with Crippen molar-refractivity contribution in [3.63, 3.8) is 0 Å². The number of amides is 1. The second-order valence-electron chi connectivity index (χ2n) is 9.80. The van der Waals surface area contributed by atoms with Crippen molar-refractivity contribution in [3.8, 4) is 5.75 Å². The van der Waals surface area contributed by atoms with Crippen LogP contribution in [0.1, 0.15) is 79.6 Å². The van der Waals surface area contributed by atoms with Crippen LogP contribution in [0, 0.1) is 19.3 Å². The van der Waals surface area contributed by atoms with E-state index in [1.54, 1.807) is 0 Å². The third kappa shape index (κ3) is 4.21. The van der Waals surface area contributed by atoms with Crippen molar-refractivity contribution in [2.75, 3.05) is 5.32 Å². The number of rotatable bonds is 4. The summed E-state index contributed by atoms with van der Waals surface area (Å²) in [4.78, 5) is 23.6. The summed E-state index contributed by atoms with van der Waals surface area (Å²) in [5.41, 5.74) is 5.23. The molecule has 0 bridgehead atoms. The van der Waals surface area contributed by atoms with Gasteiger partial charge in [0.2, 0.25) is 5.91 Å². The molecular weight excluding hydrogens is 362 g/mol. The molecule has 1 aliphatic heterocycles. The van der Waals surface area contributed by atoms with Gasteiger partial charge in [-0.1, -0.05) is 45.0 Å². The number of fused-ring (bicyclic) bond motifs is 1. The second-order valence-corrected chi connectivity index (χ2v) is 9.80. The molecule has 4 heteroatoms. The van der Waals surface area contributed by atoms with E-state index in [0.717, 1.165) is 40.0 Å². The molecule has 0 spiro atoms. The fourth-order valence-electron chi connectivity index (χ4n) is 4.12. The van der Waals surface area contributed by atoms with Crippen molar-refractivity contribution < 1.29 is 14.3 Å². The predicted molar refractivity (Wildman–Crippen MR) is 117 cm³/mol. The SMILES string of the molecule is Cc1c(NC(=O)CC(C)(C)C)cc2c(c1C)OC(C)(C)C2c1ccc(C=O)cc1. The average molecular weight is 394 g/mol. The highest BCUT2D eigenvalue weighted by Gasteiger charge is 2.43. The summed E-state index contributed by atoms with van der Waals surface area (Å²) in [6.07, 6.45) is 1.31. The van der Waals surface area contributed by atoms with Crippen LogP contribution < -0.4 is 10.1 Å². The zero-order valence-corrected chi connectivity index (χ0v) is 18.5. The summed E-state index contributed by atoms with van der Waals surface area (Å²) < 4.78 is 6.39. The van der Waals surface area contributed by atoms with Crippen LogP contribution in [0.25, 0.3) is 0 Å². The highest BCUT2D eigenvalue weighted by atomic mass is 16.5. The predicted octanol–water partition coefficient (Wildman–Crippen LogP) is 5.79. The molecular formula is C25H31NO3. The molecule has 0 fully saturated rings. The van der Waals surface area contributed by atoms with E-state index in [2.05, 4.69) is 46.0 Å². The van der Waals surface area contributed by atoms with Crippen LogP contribution >= 0.6 is 0 Å². The Hall–Kier alpha value is -2.62. The Labute approximate surface area is 173 Å². The van der Waals surface area contributed by atoms with Gasteiger partial charge in [-0.15, -0.1) is 0 Å². The number of ether oxygens (including phenoxy) is 1. The van der Waals surface area contributed by atoms with Crippen LogP contribution in [-0.2, 0) is 4.79 Å². The van der Waals surface area contributed by atoms with Gasteiger partial charge in [0.15, 0.2) is 0 Å². The van der Waals surface area contributed by atoms with E-state index < -0.39 is 5.60 Å². The van der Waals surface area contributed by atoms with E-state index in [4.69, 9.17) is 4.74 Å². The van der Waals surface area contributed by atoms with Crippen molar-refractivity contribution in [2.45, 2.75) is 66.4 Å². The summed E-state index contributed by atoms with van der Waals surface area (Å²) >= 11 is 0. The van der Waals surface area contributed by atoms with Crippen molar-refractivity contribution in [1.82, 2.24) is 0 Å². The Balaban J connectivity index is 2.05. The molecule has 1 atom stereocenters. The first-order valence-corrected chi connectivity index (χ1v) is 10.1. The molecule has 1 amide bonds. The summed E-state index contributed by atoms with van der Waals surface area (Å²) in [6, 6.07) is 9.71. The van der Waals surface area contributed by atoms with Gasteiger partial charge in [0.05, 0.1) is 5.92 Å². The third-order valence-electron chi connectivity index (χ3n) is 5.61. The molecule has 0 aliphatic carbocycles. The fourth-order valence-corrected chi connectivity index (χ4v) is 4.12. The lowest BCUT2D eigenvalue weighted by Gasteiger charge is -2.27. The van der Waals surface area contributed by atoms with Gasteiger partial charge in [-0.25, -0.2) is 0 Å². The number of anilines is 1.